The lowest BCUT2D eigenvalue weighted by molar-refractivity contribution is -0.142. The Bertz CT molecular complexity index is 390. The highest BCUT2D eigenvalue weighted by atomic mass is 32.2. The van der Waals surface area contributed by atoms with Crippen LogP contribution < -0.4 is 0 Å². The van der Waals surface area contributed by atoms with Gasteiger partial charge >= 0.3 is 5.97 Å². The van der Waals surface area contributed by atoms with Crippen molar-refractivity contribution in [1.29, 1.82) is 0 Å². The second-order valence-corrected chi connectivity index (χ2v) is 6.52. The Morgan fingerprint density at radius 1 is 1.37 bits per heavy atom. The SMILES string of the molecule is CCN(CCCO)S(=O)(=O)N1CCC(C(=O)O)CC1. The van der Waals surface area contributed by atoms with Gasteiger partial charge in [0.05, 0.1) is 5.92 Å². The summed E-state index contributed by atoms with van der Waals surface area (Å²) in [4.78, 5) is 10.8. The Morgan fingerprint density at radius 2 is 1.95 bits per heavy atom. The third-order valence-electron chi connectivity index (χ3n) is 3.37. The largest absolute Gasteiger partial charge is 0.481 e. The number of rotatable bonds is 7. The maximum atomic E-state index is 12.3. The van der Waals surface area contributed by atoms with Crippen molar-refractivity contribution >= 4 is 16.2 Å². The molecule has 2 N–H and O–H groups in total. The molecule has 1 fully saturated rings. The number of carboxylic acid groups (broad SMARTS) is 1. The number of aliphatic hydroxyl groups excluding tert-OH is 1. The molecule has 0 radical (unpaired) electrons. The van der Waals surface area contributed by atoms with Gasteiger partial charge in [-0.2, -0.15) is 17.0 Å². The van der Waals surface area contributed by atoms with E-state index in [1.54, 1.807) is 6.92 Å². The summed E-state index contributed by atoms with van der Waals surface area (Å²) >= 11 is 0. The van der Waals surface area contributed by atoms with Gasteiger partial charge in [0.15, 0.2) is 0 Å². The molecule has 19 heavy (non-hydrogen) atoms. The first-order valence-corrected chi connectivity index (χ1v) is 7.92. The zero-order chi connectivity index (χ0) is 14.5. The van der Waals surface area contributed by atoms with Crippen LogP contribution in [0.4, 0.5) is 0 Å². The van der Waals surface area contributed by atoms with Gasteiger partial charge in [-0.25, -0.2) is 0 Å². The molecule has 0 aromatic heterocycles. The Kier molecular flexibility index (Phi) is 6.18. The third kappa shape index (κ3) is 4.13. The van der Waals surface area contributed by atoms with Crippen LogP contribution in [0.25, 0.3) is 0 Å². The number of piperidine rings is 1. The maximum Gasteiger partial charge on any atom is 0.306 e. The fourth-order valence-corrected chi connectivity index (χ4v) is 3.87. The molecule has 7 nitrogen and oxygen atoms in total. The summed E-state index contributed by atoms with van der Waals surface area (Å²) in [5.74, 6) is -1.30. The molecule has 0 spiro atoms. The van der Waals surface area contributed by atoms with Crippen LogP contribution in [-0.4, -0.2) is 66.0 Å². The van der Waals surface area contributed by atoms with Crippen LogP contribution in [0, 0.1) is 5.92 Å². The van der Waals surface area contributed by atoms with Crippen molar-refractivity contribution in [1.82, 2.24) is 8.61 Å². The molecule has 1 aliphatic heterocycles. The quantitative estimate of drug-likeness (QED) is 0.673. The summed E-state index contributed by atoms with van der Waals surface area (Å²) in [6.45, 7) is 2.82. The molecule has 1 aliphatic rings. The Balaban J connectivity index is 2.65. The van der Waals surface area contributed by atoms with Gasteiger partial charge < -0.3 is 10.2 Å². The number of aliphatic carboxylic acids is 1. The molecule has 112 valence electrons. The van der Waals surface area contributed by atoms with E-state index in [1.807, 2.05) is 0 Å². The smallest absolute Gasteiger partial charge is 0.306 e. The Hall–Kier alpha value is -0.700. The highest BCUT2D eigenvalue weighted by Crippen LogP contribution is 2.21. The fraction of sp³-hybridized carbons (Fsp3) is 0.909. The molecule has 0 atom stereocenters. The zero-order valence-corrected chi connectivity index (χ0v) is 12.0. The van der Waals surface area contributed by atoms with E-state index < -0.39 is 22.1 Å². The lowest BCUT2D eigenvalue weighted by Crippen LogP contribution is -2.48. The van der Waals surface area contributed by atoms with Gasteiger partial charge in [-0.3, -0.25) is 4.79 Å². The summed E-state index contributed by atoms with van der Waals surface area (Å²) in [6, 6.07) is 0. The second kappa shape index (κ2) is 7.18. The van der Waals surface area contributed by atoms with Gasteiger partial charge in [0, 0.05) is 32.8 Å². The van der Waals surface area contributed by atoms with E-state index in [0.29, 0.717) is 25.8 Å². The number of hydrogen-bond acceptors (Lipinski definition) is 4. The Morgan fingerprint density at radius 3 is 2.37 bits per heavy atom. The van der Waals surface area contributed by atoms with Gasteiger partial charge in [-0.15, -0.1) is 0 Å². The summed E-state index contributed by atoms with van der Waals surface area (Å²) in [6.07, 6.45) is 1.11. The fourth-order valence-electron chi connectivity index (χ4n) is 2.18. The molecule has 8 heteroatoms. The number of nitrogens with zero attached hydrogens (tertiary/aromatic N) is 2. The summed E-state index contributed by atoms with van der Waals surface area (Å²) in [5, 5.41) is 17.7. The number of carboxylic acids is 1. The first kappa shape index (κ1) is 16.4. The molecule has 0 saturated carbocycles. The van der Waals surface area contributed by atoms with Crippen molar-refractivity contribution in [3.8, 4) is 0 Å². The van der Waals surface area contributed by atoms with Crippen LogP contribution >= 0.6 is 0 Å². The highest BCUT2D eigenvalue weighted by Gasteiger charge is 2.33. The molecular formula is C11H22N2O5S. The average molecular weight is 294 g/mol. The predicted molar refractivity (Wildman–Crippen MR) is 69.8 cm³/mol. The van der Waals surface area contributed by atoms with E-state index in [-0.39, 0.29) is 26.2 Å². The molecule has 0 aliphatic carbocycles. The van der Waals surface area contributed by atoms with E-state index in [4.69, 9.17) is 10.2 Å². The van der Waals surface area contributed by atoms with E-state index in [9.17, 15) is 13.2 Å². The molecule has 0 aromatic carbocycles. The van der Waals surface area contributed by atoms with Gasteiger partial charge in [0.2, 0.25) is 0 Å². The highest BCUT2D eigenvalue weighted by molar-refractivity contribution is 7.86. The summed E-state index contributed by atoms with van der Waals surface area (Å²) in [5.41, 5.74) is 0. The molecule has 0 unspecified atom stereocenters. The van der Waals surface area contributed by atoms with Crippen LogP contribution in [0.5, 0.6) is 0 Å². The van der Waals surface area contributed by atoms with Crippen LogP contribution in [0.15, 0.2) is 0 Å². The molecule has 0 bridgehead atoms. The lowest BCUT2D eigenvalue weighted by atomic mass is 9.99. The van der Waals surface area contributed by atoms with Crippen molar-refractivity contribution in [3.05, 3.63) is 0 Å². The van der Waals surface area contributed by atoms with Crippen molar-refractivity contribution in [2.45, 2.75) is 26.2 Å². The van der Waals surface area contributed by atoms with Gasteiger partial charge in [0.1, 0.15) is 0 Å². The third-order valence-corrected chi connectivity index (χ3v) is 5.49. The predicted octanol–water partition coefficient (Wildman–Crippen LogP) is -0.268. The van der Waals surface area contributed by atoms with Crippen molar-refractivity contribution in [2.75, 3.05) is 32.8 Å². The van der Waals surface area contributed by atoms with Crippen LogP contribution in [-0.2, 0) is 15.0 Å². The second-order valence-electron chi connectivity index (χ2n) is 4.59. The Labute approximate surface area is 114 Å². The van der Waals surface area contributed by atoms with Crippen molar-refractivity contribution in [2.24, 2.45) is 5.92 Å². The topological polar surface area (TPSA) is 98.2 Å². The van der Waals surface area contributed by atoms with E-state index >= 15 is 0 Å². The van der Waals surface area contributed by atoms with E-state index in [1.165, 1.54) is 8.61 Å². The van der Waals surface area contributed by atoms with Crippen LogP contribution in [0.3, 0.4) is 0 Å². The van der Waals surface area contributed by atoms with Crippen LogP contribution in [0.1, 0.15) is 26.2 Å². The van der Waals surface area contributed by atoms with E-state index in [2.05, 4.69) is 0 Å². The van der Waals surface area contributed by atoms with Crippen LogP contribution in [0.2, 0.25) is 0 Å². The average Bonchev–Trinajstić information content (AvgIpc) is 2.39. The lowest BCUT2D eigenvalue weighted by Gasteiger charge is -2.33. The summed E-state index contributed by atoms with van der Waals surface area (Å²) in [7, 11) is -3.53. The first-order chi connectivity index (χ1) is 8.93. The maximum absolute atomic E-state index is 12.3. The molecule has 0 amide bonds. The minimum absolute atomic E-state index is 0.0485. The number of hydrogen-bond donors (Lipinski definition) is 2. The molecule has 0 aromatic rings. The normalized spacial score (nSPS) is 18.9. The zero-order valence-electron chi connectivity index (χ0n) is 11.2. The molecule has 1 rings (SSSR count). The van der Waals surface area contributed by atoms with Gasteiger partial charge in [0.25, 0.3) is 10.2 Å². The molecular weight excluding hydrogens is 272 g/mol. The van der Waals surface area contributed by atoms with Crippen molar-refractivity contribution in [3.63, 3.8) is 0 Å². The molecule has 1 heterocycles. The minimum Gasteiger partial charge on any atom is -0.481 e. The standard InChI is InChI=1S/C11H22N2O5S/c1-2-12(6-3-9-14)19(17,18)13-7-4-10(5-8-13)11(15)16/h10,14H,2-9H2,1H3,(H,15,16). The monoisotopic (exact) mass is 294 g/mol. The number of carbonyl (C=O) groups is 1. The van der Waals surface area contributed by atoms with E-state index in [0.717, 1.165) is 0 Å². The van der Waals surface area contributed by atoms with Gasteiger partial charge in [-0.05, 0) is 19.3 Å². The number of aliphatic hydroxyl groups is 1. The van der Waals surface area contributed by atoms with Gasteiger partial charge in [-0.1, -0.05) is 6.92 Å². The first-order valence-electron chi connectivity index (χ1n) is 6.52. The minimum atomic E-state index is -3.53. The van der Waals surface area contributed by atoms with Crippen molar-refractivity contribution < 1.29 is 23.4 Å². The molecule has 1 saturated heterocycles. The summed E-state index contributed by atoms with van der Waals surface area (Å²) < 4.78 is 27.3.